The summed E-state index contributed by atoms with van der Waals surface area (Å²) in [7, 11) is 0. The molecule has 0 aliphatic carbocycles. The Morgan fingerprint density at radius 3 is 2.65 bits per heavy atom. The van der Waals surface area contributed by atoms with Gasteiger partial charge in [0.15, 0.2) is 0 Å². The number of nitrogens with one attached hydrogen (secondary N) is 1. The molecule has 1 aromatic carbocycles. The second-order valence-corrected chi connectivity index (χ2v) is 6.10. The summed E-state index contributed by atoms with van der Waals surface area (Å²) in [5.74, 6) is -0.837. The minimum atomic E-state index is -0.739. The van der Waals surface area contributed by atoms with Crippen LogP contribution in [0.25, 0.3) is 0 Å². The molecule has 2 amide bonds. The molecule has 26 heavy (non-hydrogen) atoms. The minimum absolute atomic E-state index is 0.0316. The Balaban J connectivity index is 1.85. The van der Waals surface area contributed by atoms with Crippen LogP contribution in [0.15, 0.2) is 24.3 Å². The monoisotopic (exact) mass is 362 g/mol. The summed E-state index contributed by atoms with van der Waals surface area (Å²) in [5.41, 5.74) is 0.985. The zero-order chi connectivity index (χ0) is 18.9. The predicted octanol–water partition coefficient (Wildman–Crippen LogP) is 2.22. The number of ether oxygens (including phenoxy) is 2. The molecule has 142 valence electrons. The van der Waals surface area contributed by atoms with Gasteiger partial charge in [0.05, 0.1) is 25.2 Å². The van der Waals surface area contributed by atoms with Crippen molar-refractivity contribution in [3.63, 3.8) is 0 Å². The third-order valence-corrected chi connectivity index (χ3v) is 4.16. The van der Waals surface area contributed by atoms with Crippen molar-refractivity contribution in [1.29, 1.82) is 0 Å². The largest absolute Gasteiger partial charge is 0.462 e. The lowest BCUT2D eigenvalue weighted by Crippen LogP contribution is -2.48. The number of benzene rings is 1. The van der Waals surface area contributed by atoms with Crippen LogP contribution in [0.3, 0.4) is 0 Å². The number of likely N-dealkylation sites (N-methyl/N-ethyl adjacent to an activating group) is 1. The van der Waals surface area contributed by atoms with Crippen molar-refractivity contribution in [2.24, 2.45) is 0 Å². The van der Waals surface area contributed by atoms with E-state index in [9.17, 15) is 14.4 Å². The number of hydrogen-bond acceptors (Lipinski definition) is 5. The third-order valence-electron chi connectivity index (χ3n) is 4.16. The van der Waals surface area contributed by atoms with E-state index >= 15 is 0 Å². The summed E-state index contributed by atoms with van der Waals surface area (Å²) >= 11 is 0. The Morgan fingerprint density at radius 1 is 1.27 bits per heavy atom. The second-order valence-electron chi connectivity index (χ2n) is 6.10. The van der Waals surface area contributed by atoms with Crippen LogP contribution in [0.5, 0.6) is 0 Å². The Kier molecular flexibility index (Phi) is 7.59. The van der Waals surface area contributed by atoms with Gasteiger partial charge in [0.2, 0.25) is 5.91 Å². The van der Waals surface area contributed by atoms with Crippen molar-refractivity contribution >= 4 is 23.5 Å². The number of hydrogen-bond donors (Lipinski definition) is 1. The van der Waals surface area contributed by atoms with Crippen LogP contribution in [-0.2, 0) is 19.1 Å². The molecule has 7 heteroatoms. The molecule has 0 spiro atoms. The van der Waals surface area contributed by atoms with Crippen LogP contribution < -0.4 is 5.32 Å². The first-order chi connectivity index (χ1) is 12.5. The summed E-state index contributed by atoms with van der Waals surface area (Å²) in [6.45, 7) is 5.93. The Labute approximate surface area is 153 Å². The number of anilines is 1. The van der Waals surface area contributed by atoms with E-state index in [4.69, 9.17) is 9.47 Å². The fourth-order valence-electron chi connectivity index (χ4n) is 2.61. The van der Waals surface area contributed by atoms with Gasteiger partial charge in [-0.25, -0.2) is 4.79 Å². The number of amides is 2. The predicted molar refractivity (Wildman–Crippen MR) is 96.9 cm³/mol. The van der Waals surface area contributed by atoms with Crippen molar-refractivity contribution in [2.75, 3.05) is 31.6 Å². The number of carbonyl (C=O) groups is 3. The molecule has 1 aromatic rings. The van der Waals surface area contributed by atoms with Crippen molar-refractivity contribution in [3.8, 4) is 0 Å². The van der Waals surface area contributed by atoms with Crippen molar-refractivity contribution in [2.45, 2.75) is 39.2 Å². The molecule has 1 aliphatic heterocycles. The van der Waals surface area contributed by atoms with Crippen LogP contribution in [0, 0.1) is 0 Å². The molecule has 0 aromatic heterocycles. The van der Waals surface area contributed by atoms with Gasteiger partial charge in [-0.15, -0.1) is 0 Å². The molecule has 1 unspecified atom stereocenters. The molecular weight excluding hydrogens is 336 g/mol. The zero-order valence-corrected chi connectivity index (χ0v) is 15.3. The smallest absolute Gasteiger partial charge is 0.338 e. The van der Waals surface area contributed by atoms with E-state index in [1.165, 1.54) is 0 Å². The number of esters is 1. The number of morpholine rings is 1. The molecule has 1 atom stereocenters. The van der Waals surface area contributed by atoms with Gasteiger partial charge in [-0.1, -0.05) is 13.3 Å². The summed E-state index contributed by atoms with van der Waals surface area (Å²) in [4.78, 5) is 37.8. The van der Waals surface area contributed by atoms with E-state index in [0.29, 0.717) is 37.6 Å². The van der Waals surface area contributed by atoms with E-state index < -0.39 is 6.10 Å². The minimum Gasteiger partial charge on any atom is -0.462 e. The number of unbranched alkanes of at least 4 members (excludes halogenated alkanes) is 1. The van der Waals surface area contributed by atoms with E-state index in [2.05, 4.69) is 5.32 Å². The Hall–Kier alpha value is -2.41. The molecule has 1 heterocycles. The summed E-state index contributed by atoms with van der Waals surface area (Å²) in [6.07, 6.45) is 1.02. The Bertz CT molecular complexity index is 629. The quantitative estimate of drug-likeness (QED) is 0.566. The van der Waals surface area contributed by atoms with Crippen LogP contribution in [-0.4, -0.2) is 55.1 Å². The number of rotatable bonds is 8. The molecule has 0 saturated carbocycles. The van der Waals surface area contributed by atoms with Gasteiger partial charge in [0, 0.05) is 18.8 Å². The highest BCUT2D eigenvalue weighted by Crippen LogP contribution is 2.14. The van der Waals surface area contributed by atoms with Gasteiger partial charge < -0.3 is 19.7 Å². The SMILES string of the molecule is CCCCOC(=O)c1ccc(NC(=O)CC2OCCN(CC)C2=O)cc1. The van der Waals surface area contributed by atoms with Gasteiger partial charge in [0.25, 0.3) is 5.91 Å². The van der Waals surface area contributed by atoms with Crippen molar-refractivity contribution in [3.05, 3.63) is 29.8 Å². The van der Waals surface area contributed by atoms with Gasteiger partial charge in [-0.2, -0.15) is 0 Å². The third kappa shape index (κ3) is 5.56. The van der Waals surface area contributed by atoms with Crippen LogP contribution in [0.4, 0.5) is 5.69 Å². The molecule has 1 N–H and O–H groups in total. The van der Waals surface area contributed by atoms with Crippen molar-refractivity contribution < 1.29 is 23.9 Å². The normalized spacial score (nSPS) is 17.1. The van der Waals surface area contributed by atoms with E-state index in [0.717, 1.165) is 12.8 Å². The maximum Gasteiger partial charge on any atom is 0.338 e. The van der Waals surface area contributed by atoms with E-state index in [-0.39, 0.29) is 24.2 Å². The molecule has 1 fully saturated rings. The summed E-state index contributed by atoms with van der Waals surface area (Å²) < 4.78 is 10.6. The fraction of sp³-hybridized carbons (Fsp3) is 0.526. The van der Waals surface area contributed by atoms with E-state index in [1.54, 1.807) is 29.2 Å². The highest BCUT2D eigenvalue weighted by molar-refractivity contribution is 5.96. The molecule has 0 bridgehead atoms. The molecule has 2 rings (SSSR count). The van der Waals surface area contributed by atoms with Crippen LogP contribution >= 0.6 is 0 Å². The van der Waals surface area contributed by atoms with Gasteiger partial charge >= 0.3 is 5.97 Å². The van der Waals surface area contributed by atoms with Gasteiger partial charge in [0.1, 0.15) is 6.10 Å². The average molecular weight is 362 g/mol. The van der Waals surface area contributed by atoms with Crippen LogP contribution in [0.2, 0.25) is 0 Å². The summed E-state index contributed by atoms with van der Waals surface area (Å²) in [6, 6.07) is 6.47. The lowest BCUT2D eigenvalue weighted by atomic mass is 10.1. The first-order valence-corrected chi connectivity index (χ1v) is 9.02. The molecule has 7 nitrogen and oxygen atoms in total. The maximum atomic E-state index is 12.2. The summed E-state index contributed by atoms with van der Waals surface area (Å²) in [5, 5.41) is 2.72. The lowest BCUT2D eigenvalue weighted by Gasteiger charge is -2.31. The number of carbonyl (C=O) groups excluding carboxylic acids is 3. The fourth-order valence-corrected chi connectivity index (χ4v) is 2.61. The van der Waals surface area contributed by atoms with Crippen LogP contribution in [0.1, 0.15) is 43.5 Å². The molecular formula is C19H26N2O5. The Morgan fingerprint density at radius 2 is 2.00 bits per heavy atom. The van der Waals surface area contributed by atoms with Gasteiger partial charge in [-0.3, -0.25) is 9.59 Å². The molecule has 1 saturated heterocycles. The molecule has 0 radical (unpaired) electrons. The van der Waals surface area contributed by atoms with Gasteiger partial charge in [-0.05, 0) is 37.6 Å². The number of nitrogens with zero attached hydrogens (tertiary/aromatic N) is 1. The lowest BCUT2D eigenvalue weighted by molar-refractivity contribution is -0.154. The second kappa shape index (κ2) is 9.91. The topological polar surface area (TPSA) is 84.9 Å². The first-order valence-electron chi connectivity index (χ1n) is 9.02. The van der Waals surface area contributed by atoms with E-state index in [1.807, 2.05) is 13.8 Å². The highest BCUT2D eigenvalue weighted by Gasteiger charge is 2.30. The highest BCUT2D eigenvalue weighted by atomic mass is 16.5. The molecule has 1 aliphatic rings. The average Bonchev–Trinajstić information content (AvgIpc) is 2.64. The zero-order valence-electron chi connectivity index (χ0n) is 15.3. The van der Waals surface area contributed by atoms with Crippen molar-refractivity contribution in [1.82, 2.24) is 4.90 Å². The first kappa shape index (κ1) is 19.9. The maximum absolute atomic E-state index is 12.2. The standard InChI is InChI=1S/C19H26N2O5/c1-3-5-11-26-19(24)14-6-8-15(9-7-14)20-17(22)13-16-18(23)21(4-2)10-12-25-16/h6-9,16H,3-5,10-13H2,1-2H3,(H,20,22).